The quantitative estimate of drug-likeness (QED) is 0.790. The van der Waals surface area contributed by atoms with Gasteiger partial charge in [-0.05, 0) is 38.1 Å². The summed E-state index contributed by atoms with van der Waals surface area (Å²) in [5, 5.41) is 8.14. The molecule has 2 rings (SSSR count). The number of aryl methyl sites for hydroxylation is 1. The van der Waals surface area contributed by atoms with Gasteiger partial charge in [0.25, 0.3) is 0 Å². The molecule has 0 bridgehead atoms. The van der Waals surface area contributed by atoms with Gasteiger partial charge in [-0.25, -0.2) is 0 Å². The molecule has 1 aromatic heterocycles. The van der Waals surface area contributed by atoms with Gasteiger partial charge >= 0.3 is 6.18 Å². The number of nitrogens with one attached hydrogen (secondary N) is 2. The van der Waals surface area contributed by atoms with Crippen LogP contribution in [0.5, 0.6) is 0 Å². The van der Waals surface area contributed by atoms with E-state index >= 15 is 0 Å². The fourth-order valence-corrected chi connectivity index (χ4v) is 2.55. The van der Waals surface area contributed by atoms with Crippen LogP contribution in [0.15, 0.2) is 34.9 Å². The zero-order chi connectivity index (χ0) is 19.3. The van der Waals surface area contributed by atoms with Crippen molar-refractivity contribution in [2.45, 2.75) is 25.3 Å². The van der Waals surface area contributed by atoms with Crippen molar-refractivity contribution in [2.24, 2.45) is 0 Å². The number of halogens is 3. The van der Waals surface area contributed by atoms with Crippen LogP contribution in [0.2, 0.25) is 0 Å². The first-order valence-electron chi connectivity index (χ1n) is 7.48. The van der Waals surface area contributed by atoms with Crippen LogP contribution in [0.25, 0.3) is 0 Å². The minimum atomic E-state index is -4.43. The highest BCUT2D eigenvalue weighted by molar-refractivity contribution is 8.01. The van der Waals surface area contributed by atoms with Gasteiger partial charge in [0.05, 0.1) is 16.6 Å². The summed E-state index contributed by atoms with van der Waals surface area (Å²) in [6, 6.07) is 5.69. The lowest BCUT2D eigenvalue weighted by molar-refractivity contribution is -0.137. The summed E-state index contributed by atoms with van der Waals surface area (Å²) in [5.74, 6) is 0.0379. The molecule has 2 aromatic rings. The molecule has 26 heavy (non-hydrogen) atoms. The highest BCUT2D eigenvalue weighted by Crippen LogP contribution is 2.29. The molecule has 0 unspecified atom stereocenters. The van der Waals surface area contributed by atoms with E-state index in [1.165, 1.54) is 12.1 Å². The van der Waals surface area contributed by atoms with Gasteiger partial charge in [0.2, 0.25) is 11.8 Å². The van der Waals surface area contributed by atoms with Crippen molar-refractivity contribution in [3.8, 4) is 0 Å². The van der Waals surface area contributed by atoms with Crippen LogP contribution in [0.4, 0.5) is 24.7 Å². The van der Waals surface area contributed by atoms with E-state index in [1.54, 1.807) is 19.9 Å². The van der Waals surface area contributed by atoms with Crippen LogP contribution in [-0.4, -0.2) is 28.0 Å². The minimum Gasteiger partial charge on any atom is -0.360 e. The number of aromatic nitrogens is 1. The monoisotopic (exact) mass is 387 g/mol. The highest BCUT2D eigenvalue weighted by Gasteiger charge is 2.30. The molecule has 0 saturated carbocycles. The molecule has 10 heteroatoms. The number of carbonyl (C=O) groups is 2. The van der Waals surface area contributed by atoms with Crippen molar-refractivity contribution in [3.63, 3.8) is 0 Å². The van der Waals surface area contributed by atoms with Crippen LogP contribution >= 0.6 is 11.8 Å². The first-order chi connectivity index (χ1) is 12.1. The van der Waals surface area contributed by atoms with Crippen LogP contribution < -0.4 is 10.6 Å². The Kier molecular flexibility index (Phi) is 6.30. The number of amides is 2. The van der Waals surface area contributed by atoms with Crippen molar-refractivity contribution in [3.05, 3.63) is 41.7 Å². The summed E-state index contributed by atoms with van der Waals surface area (Å²) < 4.78 is 42.3. The second-order valence-electron chi connectivity index (χ2n) is 5.39. The molecule has 6 nitrogen and oxygen atoms in total. The molecule has 0 radical (unpaired) electrons. The van der Waals surface area contributed by atoms with Crippen molar-refractivity contribution >= 4 is 35.1 Å². The Morgan fingerprint density at radius 2 is 1.88 bits per heavy atom. The number of nitrogens with zero attached hydrogens (tertiary/aromatic N) is 1. The zero-order valence-corrected chi connectivity index (χ0v) is 14.7. The lowest BCUT2D eigenvalue weighted by Crippen LogP contribution is -2.25. The van der Waals surface area contributed by atoms with E-state index in [4.69, 9.17) is 4.52 Å². The second kappa shape index (κ2) is 8.26. The Bertz CT molecular complexity index is 775. The zero-order valence-electron chi connectivity index (χ0n) is 13.9. The summed E-state index contributed by atoms with van der Waals surface area (Å²) in [5.41, 5.74) is -0.544. The van der Waals surface area contributed by atoms with Gasteiger partial charge in [-0.15, -0.1) is 11.8 Å². The molecule has 0 aliphatic carbocycles. The molecule has 0 spiro atoms. The number of rotatable bonds is 6. The molecule has 1 aromatic carbocycles. The van der Waals surface area contributed by atoms with Crippen LogP contribution in [0, 0.1) is 6.92 Å². The number of hydrogen-bond acceptors (Lipinski definition) is 5. The molecular formula is C16H16F3N3O3S. The maximum atomic E-state index is 12.5. The van der Waals surface area contributed by atoms with Gasteiger partial charge in [0.1, 0.15) is 5.76 Å². The van der Waals surface area contributed by atoms with E-state index in [9.17, 15) is 22.8 Å². The van der Waals surface area contributed by atoms with E-state index in [-0.39, 0.29) is 23.2 Å². The molecule has 2 N–H and O–H groups in total. The number of hydrogen-bond donors (Lipinski definition) is 2. The predicted molar refractivity (Wildman–Crippen MR) is 91.9 cm³/mol. The molecule has 0 aliphatic heterocycles. The fraction of sp³-hybridized carbons (Fsp3) is 0.312. The van der Waals surface area contributed by atoms with Crippen LogP contribution in [-0.2, 0) is 15.8 Å². The Hall–Kier alpha value is -2.49. The third-order valence-electron chi connectivity index (χ3n) is 3.21. The second-order valence-corrected chi connectivity index (χ2v) is 6.72. The predicted octanol–water partition coefficient (Wildman–Crippen LogP) is 3.70. The molecule has 0 saturated heterocycles. The summed E-state index contributed by atoms with van der Waals surface area (Å²) in [7, 11) is 0. The van der Waals surface area contributed by atoms with Crippen molar-refractivity contribution in [1.82, 2.24) is 5.16 Å². The molecular weight excluding hydrogens is 371 g/mol. The fourth-order valence-electron chi connectivity index (χ4n) is 1.87. The molecule has 140 valence electrons. The van der Waals surface area contributed by atoms with E-state index < -0.39 is 22.9 Å². The van der Waals surface area contributed by atoms with Crippen molar-refractivity contribution < 1.29 is 27.3 Å². The number of alkyl halides is 3. The van der Waals surface area contributed by atoms with Gasteiger partial charge in [-0.2, -0.15) is 13.2 Å². The average Bonchev–Trinajstić information content (AvgIpc) is 2.97. The maximum absolute atomic E-state index is 12.5. The van der Waals surface area contributed by atoms with E-state index in [1.807, 2.05) is 0 Å². The largest absolute Gasteiger partial charge is 0.416 e. The Morgan fingerprint density at radius 3 is 2.42 bits per heavy atom. The number of carbonyl (C=O) groups excluding carboxylic acids is 2. The Balaban J connectivity index is 1.79. The molecule has 0 aliphatic rings. The van der Waals surface area contributed by atoms with Crippen molar-refractivity contribution in [2.75, 3.05) is 16.4 Å². The average molecular weight is 387 g/mol. The van der Waals surface area contributed by atoms with Crippen molar-refractivity contribution in [1.29, 1.82) is 0 Å². The summed E-state index contributed by atoms with van der Waals surface area (Å²) in [6.45, 7) is 3.31. The number of anilines is 2. The topological polar surface area (TPSA) is 84.2 Å². The van der Waals surface area contributed by atoms with E-state index in [0.717, 1.165) is 23.9 Å². The summed E-state index contributed by atoms with van der Waals surface area (Å²) in [4.78, 5) is 23.8. The first kappa shape index (κ1) is 19.8. The molecule has 1 atom stereocenters. The molecule has 2 amide bonds. The smallest absolute Gasteiger partial charge is 0.360 e. The third kappa shape index (κ3) is 5.80. The minimum absolute atomic E-state index is 0.0343. The lowest BCUT2D eigenvalue weighted by atomic mass is 10.2. The highest BCUT2D eigenvalue weighted by atomic mass is 32.2. The summed E-state index contributed by atoms with van der Waals surface area (Å²) >= 11 is 1.08. The number of benzene rings is 1. The van der Waals surface area contributed by atoms with Crippen LogP contribution in [0.3, 0.4) is 0 Å². The summed E-state index contributed by atoms with van der Waals surface area (Å²) in [6.07, 6.45) is -4.43. The standard InChI is InChI=1S/C16H16F3N3O3S/c1-9-7-13(22-25-9)21-15(24)10(2)26-8-14(23)20-12-5-3-11(4-6-12)16(17,18)19/h3-7,10H,8H2,1-2H3,(H,20,23)(H,21,22,24)/t10-/m0/s1. The van der Waals surface area contributed by atoms with Gasteiger partial charge in [0, 0.05) is 11.8 Å². The van der Waals surface area contributed by atoms with E-state index in [0.29, 0.717) is 5.76 Å². The van der Waals surface area contributed by atoms with Gasteiger partial charge in [-0.1, -0.05) is 5.16 Å². The normalized spacial score (nSPS) is 12.5. The maximum Gasteiger partial charge on any atom is 0.416 e. The molecule has 0 fully saturated rings. The molecule has 1 heterocycles. The SMILES string of the molecule is Cc1cc(NC(=O)[C@H](C)SCC(=O)Nc2ccc(C(F)(F)F)cc2)no1. The van der Waals surface area contributed by atoms with Gasteiger partial charge in [0.15, 0.2) is 5.82 Å². The Morgan fingerprint density at radius 1 is 1.23 bits per heavy atom. The third-order valence-corrected chi connectivity index (χ3v) is 4.35. The lowest BCUT2D eigenvalue weighted by Gasteiger charge is -2.11. The Labute approximate surface area is 151 Å². The van der Waals surface area contributed by atoms with Crippen LogP contribution in [0.1, 0.15) is 18.2 Å². The first-order valence-corrected chi connectivity index (χ1v) is 8.53. The number of thioether (sulfide) groups is 1. The van der Waals surface area contributed by atoms with Gasteiger partial charge in [-0.3, -0.25) is 9.59 Å². The van der Waals surface area contributed by atoms with Gasteiger partial charge < -0.3 is 15.2 Å². The van der Waals surface area contributed by atoms with E-state index in [2.05, 4.69) is 15.8 Å².